The number of halogens is 2. The lowest BCUT2D eigenvalue weighted by Gasteiger charge is -2.21. The van der Waals surface area contributed by atoms with Gasteiger partial charge in [0, 0.05) is 44.0 Å². The van der Waals surface area contributed by atoms with Gasteiger partial charge in [-0.05, 0) is 23.8 Å². The van der Waals surface area contributed by atoms with Crippen LogP contribution in [-0.4, -0.2) is 41.4 Å². The topological polar surface area (TPSA) is 67.2 Å². The highest BCUT2D eigenvalue weighted by atomic mass is 35.5. The quantitative estimate of drug-likeness (QED) is 0.637. The molecule has 4 rings (SSSR count). The van der Waals surface area contributed by atoms with Gasteiger partial charge in [0.15, 0.2) is 5.03 Å². The third-order valence-corrected chi connectivity index (χ3v) is 7.53. The van der Waals surface area contributed by atoms with Crippen LogP contribution in [0.1, 0.15) is 11.5 Å². The number of aromatic nitrogens is 2. The molecule has 1 saturated heterocycles. The van der Waals surface area contributed by atoms with Gasteiger partial charge in [-0.15, -0.1) is 0 Å². The highest BCUT2D eigenvalue weighted by molar-refractivity contribution is 7.89. The fraction of sp³-hybridized carbons (Fsp3) is 0.250. The SMILES string of the molecule is Cn1cnc(S(=O)(=O)N2C[C@H](Nc3ccc(Cl)c(Cl)c3)[C@@H](c3ccccc3)C2)c1. The average molecular weight is 451 g/mol. The number of hydrogen-bond acceptors (Lipinski definition) is 4. The van der Waals surface area contributed by atoms with Crippen LogP contribution in [0.25, 0.3) is 0 Å². The molecule has 0 saturated carbocycles. The van der Waals surface area contributed by atoms with E-state index in [2.05, 4.69) is 10.3 Å². The fourth-order valence-electron chi connectivity index (χ4n) is 3.60. The molecule has 2 heterocycles. The highest BCUT2D eigenvalue weighted by Crippen LogP contribution is 2.34. The van der Waals surface area contributed by atoms with E-state index in [0.29, 0.717) is 23.1 Å². The molecular formula is C20H20Cl2N4O2S. The molecule has 2 atom stereocenters. The van der Waals surface area contributed by atoms with Crippen molar-refractivity contribution in [3.8, 4) is 0 Å². The van der Waals surface area contributed by atoms with Crippen molar-refractivity contribution >= 4 is 38.9 Å². The largest absolute Gasteiger partial charge is 0.380 e. The van der Waals surface area contributed by atoms with Crippen LogP contribution < -0.4 is 5.32 Å². The second-order valence-corrected chi connectivity index (χ2v) is 9.80. The molecule has 1 aliphatic heterocycles. The van der Waals surface area contributed by atoms with Crippen LogP contribution in [0.15, 0.2) is 66.1 Å². The summed E-state index contributed by atoms with van der Waals surface area (Å²) < 4.78 is 29.3. The van der Waals surface area contributed by atoms with Crippen molar-refractivity contribution in [2.75, 3.05) is 18.4 Å². The number of imidazole rings is 1. The zero-order chi connectivity index (χ0) is 20.6. The van der Waals surface area contributed by atoms with Crippen molar-refractivity contribution in [1.29, 1.82) is 0 Å². The fourth-order valence-corrected chi connectivity index (χ4v) is 5.36. The van der Waals surface area contributed by atoms with Crippen LogP contribution in [0, 0.1) is 0 Å². The van der Waals surface area contributed by atoms with E-state index in [9.17, 15) is 8.42 Å². The van der Waals surface area contributed by atoms with Crippen LogP contribution in [0.4, 0.5) is 5.69 Å². The Labute approximate surface area is 180 Å². The number of anilines is 1. The van der Waals surface area contributed by atoms with Gasteiger partial charge < -0.3 is 9.88 Å². The van der Waals surface area contributed by atoms with Crippen molar-refractivity contribution in [3.05, 3.63) is 76.7 Å². The van der Waals surface area contributed by atoms with Crippen LogP contribution in [0.2, 0.25) is 10.0 Å². The molecule has 0 amide bonds. The Bertz CT molecular complexity index is 1120. The lowest BCUT2D eigenvalue weighted by atomic mass is 9.94. The van der Waals surface area contributed by atoms with Gasteiger partial charge in [0.25, 0.3) is 10.0 Å². The molecule has 3 aromatic rings. The Balaban J connectivity index is 1.65. The summed E-state index contributed by atoms with van der Waals surface area (Å²) in [5.41, 5.74) is 1.87. The summed E-state index contributed by atoms with van der Waals surface area (Å²) in [5.74, 6) is -0.0239. The third-order valence-electron chi connectivity index (χ3n) is 5.07. The van der Waals surface area contributed by atoms with Crippen molar-refractivity contribution in [2.24, 2.45) is 7.05 Å². The van der Waals surface area contributed by atoms with Gasteiger partial charge in [0.2, 0.25) is 0 Å². The Kier molecular flexibility index (Phi) is 5.57. The number of nitrogens with one attached hydrogen (secondary N) is 1. The predicted octanol–water partition coefficient (Wildman–Crippen LogP) is 4.00. The van der Waals surface area contributed by atoms with E-state index in [1.165, 1.54) is 16.8 Å². The van der Waals surface area contributed by atoms with Crippen molar-refractivity contribution in [2.45, 2.75) is 17.0 Å². The van der Waals surface area contributed by atoms with Gasteiger partial charge in [-0.1, -0.05) is 53.5 Å². The Morgan fingerprint density at radius 1 is 1.07 bits per heavy atom. The first-order chi connectivity index (χ1) is 13.8. The Morgan fingerprint density at radius 2 is 1.83 bits per heavy atom. The Hall–Kier alpha value is -2.06. The zero-order valence-electron chi connectivity index (χ0n) is 15.7. The number of benzene rings is 2. The van der Waals surface area contributed by atoms with Crippen molar-refractivity contribution < 1.29 is 8.42 Å². The third kappa shape index (κ3) is 4.14. The smallest absolute Gasteiger partial charge is 0.262 e. The highest BCUT2D eigenvalue weighted by Gasteiger charge is 2.41. The minimum atomic E-state index is -3.68. The van der Waals surface area contributed by atoms with Crippen LogP contribution in [0.3, 0.4) is 0 Å². The summed E-state index contributed by atoms with van der Waals surface area (Å²) in [4.78, 5) is 4.04. The average Bonchev–Trinajstić information content (AvgIpc) is 3.33. The minimum absolute atomic E-state index is 0.0239. The maximum atomic E-state index is 13.1. The molecule has 1 aromatic heterocycles. The summed E-state index contributed by atoms with van der Waals surface area (Å²) in [5, 5.41) is 4.42. The van der Waals surface area contributed by atoms with Crippen LogP contribution in [-0.2, 0) is 17.1 Å². The molecule has 0 radical (unpaired) electrons. The maximum absolute atomic E-state index is 13.1. The van der Waals surface area contributed by atoms with Gasteiger partial charge in [-0.3, -0.25) is 0 Å². The predicted molar refractivity (Wildman–Crippen MR) is 115 cm³/mol. The summed E-state index contributed by atoms with van der Waals surface area (Å²) >= 11 is 12.2. The minimum Gasteiger partial charge on any atom is -0.380 e. The van der Waals surface area contributed by atoms with Crippen molar-refractivity contribution in [3.63, 3.8) is 0 Å². The lowest BCUT2D eigenvalue weighted by Crippen LogP contribution is -2.32. The molecule has 0 aliphatic carbocycles. The van der Waals surface area contributed by atoms with E-state index >= 15 is 0 Å². The molecule has 6 nitrogen and oxygen atoms in total. The van der Waals surface area contributed by atoms with Gasteiger partial charge in [0.05, 0.1) is 16.4 Å². The van der Waals surface area contributed by atoms with E-state index in [-0.39, 0.29) is 17.0 Å². The molecule has 29 heavy (non-hydrogen) atoms. The first kappa shape index (κ1) is 20.2. The van der Waals surface area contributed by atoms with Gasteiger partial charge in [-0.2, -0.15) is 4.31 Å². The van der Waals surface area contributed by atoms with Gasteiger partial charge in [0.1, 0.15) is 0 Å². The summed E-state index contributed by atoms with van der Waals surface area (Å²) in [6.45, 7) is 0.681. The van der Waals surface area contributed by atoms with E-state index in [1.807, 2.05) is 36.4 Å². The number of nitrogens with zero attached hydrogens (tertiary/aromatic N) is 3. The molecule has 0 unspecified atom stereocenters. The zero-order valence-corrected chi connectivity index (χ0v) is 18.0. The van der Waals surface area contributed by atoms with Gasteiger partial charge in [-0.25, -0.2) is 13.4 Å². The number of rotatable bonds is 5. The number of hydrogen-bond donors (Lipinski definition) is 1. The first-order valence-electron chi connectivity index (χ1n) is 9.09. The number of sulfonamides is 1. The maximum Gasteiger partial charge on any atom is 0.262 e. The molecule has 1 N–H and O–H groups in total. The second kappa shape index (κ2) is 7.99. The molecule has 9 heteroatoms. The van der Waals surface area contributed by atoms with E-state index in [0.717, 1.165) is 11.3 Å². The molecule has 0 bridgehead atoms. The van der Waals surface area contributed by atoms with E-state index < -0.39 is 10.0 Å². The summed E-state index contributed by atoms with van der Waals surface area (Å²) in [7, 11) is -1.94. The standard InChI is InChI=1S/C20H20Cl2N4O2S/c1-25-12-20(23-13-25)29(27,28)26-10-16(14-5-3-2-4-6-14)19(11-26)24-15-7-8-17(21)18(22)9-15/h2-9,12-13,16,19,24H,10-11H2,1H3/t16-,19+/m1/s1. The normalized spacial score (nSPS) is 20.1. The Morgan fingerprint density at radius 3 is 2.48 bits per heavy atom. The lowest BCUT2D eigenvalue weighted by molar-refractivity contribution is 0.468. The molecular weight excluding hydrogens is 431 g/mol. The van der Waals surface area contributed by atoms with E-state index in [4.69, 9.17) is 23.2 Å². The molecule has 1 aliphatic rings. The van der Waals surface area contributed by atoms with Crippen molar-refractivity contribution in [1.82, 2.24) is 13.9 Å². The molecule has 2 aromatic carbocycles. The second-order valence-electron chi connectivity index (χ2n) is 7.10. The van der Waals surface area contributed by atoms with E-state index in [1.54, 1.807) is 23.7 Å². The van der Waals surface area contributed by atoms with Gasteiger partial charge >= 0.3 is 0 Å². The molecule has 0 spiro atoms. The monoisotopic (exact) mass is 450 g/mol. The number of aryl methyl sites for hydroxylation is 1. The first-order valence-corrected chi connectivity index (χ1v) is 11.3. The summed E-state index contributed by atoms with van der Waals surface area (Å²) in [6, 6.07) is 15.1. The van der Waals surface area contributed by atoms with Crippen LogP contribution in [0.5, 0.6) is 0 Å². The molecule has 1 fully saturated rings. The van der Waals surface area contributed by atoms with Crippen LogP contribution >= 0.6 is 23.2 Å². The molecule has 152 valence electrons. The summed E-state index contributed by atoms with van der Waals surface area (Å²) in [6.07, 6.45) is 3.01.